The van der Waals surface area contributed by atoms with Crippen LogP contribution in [0.1, 0.15) is 49.9 Å². The Labute approximate surface area is 147 Å². The molecule has 2 aromatic rings. The molecule has 0 spiro atoms. The lowest BCUT2D eigenvalue weighted by molar-refractivity contribution is 0.242. The number of nitrogens with one attached hydrogen (secondary N) is 1. The number of aromatic nitrogens is 2. The third-order valence-corrected chi connectivity index (χ3v) is 4.10. The Kier molecular flexibility index (Phi) is 4.66. The second kappa shape index (κ2) is 6.89. The van der Waals surface area contributed by atoms with Crippen molar-refractivity contribution < 1.29 is 9.47 Å². The third-order valence-electron chi connectivity index (χ3n) is 4.10. The van der Waals surface area contributed by atoms with E-state index in [0.29, 0.717) is 11.5 Å². The predicted octanol–water partition coefficient (Wildman–Crippen LogP) is 3.37. The molecule has 0 bridgehead atoms. The van der Waals surface area contributed by atoms with E-state index in [2.05, 4.69) is 23.2 Å². The van der Waals surface area contributed by atoms with E-state index in [1.165, 1.54) is 0 Å². The molecule has 3 rings (SSSR count). The van der Waals surface area contributed by atoms with E-state index in [0.717, 1.165) is 35.4 Å². The standard InChI is InChI=1S/C19H22N4O2/c1-4-5-15-17-16(12-6-8-13(9-7-12)24-11(2)3)14(10-20)18(21)25-19(17)23-22-15/h6-9,11,16H,4-5,21H2,1-3H3,(H,22,23). The fourth-order valence-corrected chi connectivity index (χ4v) is 3.09. The molecule has 0 fully saturated rings. The summed E-state index contributed by atoms with van der Waals surface area (Å²) in [4.78, 5) is 0. The number of nitrogens with two attached hydrogens (primary N) is 1. The highest BCUT2D eigenvalue weighted by Crippen LogP contribution is 2.43. The number of nitrogens with zero attached hydrogens (tertiary/aromatic N) is 2. The molecule has 1 aromatic heterocycles. The molecule has 1 aliphatic heterocycles. The summed E-state index contributed by atoms with van der Waals surface area (Å²) in [6.45, 7) is 6.07. The van der Waals surface area contributed by atoms with Crippen molar-refractivity contribution in [1.82, 2.24) is 10.2 Å². The topological polar surface area (TPSA) is 97.0 Å². The third kappa shape index (κ3) is 3.18. The van der Waals surface area contributed by atoms with Gasteiger partial charge in [-0.3, -0.25) is 5.10 Å². The van der Waals surface area contributed by atoms with Gasteiger partial charge in [0.1, 0.15) is 17.4 Å². The fourth-order valence-electron chi connectivity index (χ4n) is 3.09. The van der Waals surface area contributed by atoms with Gasteiger partial charge in [0, 0.05) is 11.3 Å². The van der Waals surface area contributed by atoms with E-state index in [1.807, 2.05) is 38.1 Å². The molecule has 6 nitrogen and oxygen atoms in total. The Hall–Kier alpha value is -2.94. The van der Waals surface area contributed by atoms with E-state index in [4.69, 9.17) is 15.2 Å². The zero-order valence-electron chi connectivity index (χ0n) is 14.7. The van der Waals surface area contributed by atoms with Crippen molar-refractivity contribution in [2.24, 2.45) is 5.73 Å². The zero-order valence-corrected chi connectivity index (χ0v) is 14.7. The average molecular weight is 338 g/mol. The highest BCUT2D eigenvalue weighted by Gasteiger charge is 2.34. The van der Waals surface area contributed by atoms with Crippen LogP contribution in [0.3, 0.4) is 0 Å². The van der Waals surface area contributed by atoms with Crippen molar-refractivity contribution >= 4 is 0 Å². The van der Waals surface area contributed by atoms with E-state index >= 15 is 0 Å². The van der Waals surface area contributed by atoms with Crippen LogP contribution in [0, 0.1) is 11.3 Å². The lowest BCUT2D eigenvalue weighted by Gasteiger charge is -2.24. The molecule has 3 N–H and O–H groups in total. The molecule has 0 aliphatic carbocycles. The lowest BCUT2D eigenvalue weighted by Crippen LogP contribution is -2.21. The predicted molar refractivity (Wildman–Crippen MR) is 94.1 cm³/mol. The van der Waals surface area contributed by atoms with E-state index in [1.54, 1.807) is 0 Å². The fraction of sp³-hybridized carbons (Fsp3) is 0.368. The smallest absolute Gasteiger partial charge is 0.244 e. The van der Waals surface area contributed by atoms with Crippen LogP contribution in [-0.2, 0) is 6.42 Å². The minimum Gasteiger partial charge on any atom is -0.491 e. The van der Waals surface area contributed by atoms with Gasteiger partial charge in [-0.15, -0.1) is 5.10 Å². The number of H-pyrrole nitrogens is 1. The van der Waals surface area contributed by atoms with Crippen molar-refractivity contribution in [1.29, 1.82) is 5.26 Å². The van der Waals surface area contributed by atoms with Gasteiger partial charge in [-0.1, -0.05) is 25.5 Å². The average Bonchev–Trinajstić information content (AvgIpc) is 2.96. The van der Waals surface area contributed by atoms with Gasteiger partial charge in [0.25, 0.3) is 0 Å². The molecule has 130 valence electrons. The number of aryl methyl sites for hydroxylation is 1. The van der Waals surface area contributed by atoms with Crippen LogP contribution < -0.4 is 15.2 Å². The summed E-state index contributed by atoms with van der Waals surface area (Å²) < 4.78 is 11.3. The van der Waals surface area contributed by atoms with Crippen LogP contribution in [0.5, 0.6) is 11.6 Å². The van der Waals surface area contributed by atoms with Gasteiger partial charge in [-0.05, 0) is 38.0 Å². The van der Waals surface area contributed by atoms with Crippen molar-refractivity contribution in [2.75, 3.05) is 0 Å². The van der Waals surface area contributed by atoms with E-state index in [9.17, 15) is 5.26 Å². The largest absolute Gasteiger partial charge is 0.491 e. The highest BCUT2D eigenvalue weighted by atomic mass is 16.5. The van der Waals surface area contributed by atoms with Crippen molar-refractivity contribution in [3.8, 4) is 17.7 Å². The van der Waals surface area contributed by atoms with Gasteiger partial charge >= 0.3 is 0 Å². The number of benzene rings is 1. The number of ether oxygens (including phenoxy) is 2. The first-order valence-corrected chi connectivity index (χ1v) is 8.46. The van der Waals surface area contributed by atoms with Crippen LogP contribution in [0.15, 0.2) is 35.7 Å². The maximum absolute atomic E-state index is 9.63. The molecular weight excluding hydrogens is 316 g/mol. The summed E-state index contributed by atoms with van der Waals surface area (Å²) in [5, 5.41) is 16.9. The summed E-state index contributed by atoms with van der Waals surface area (Å²) in [5.41, 5.74) is 9.20. The number of fused-ring (bicyclic) bond motifs is 1. The van der Waals surface area contributed by atoms with Gasteiger partial charge in [-0.2, -0.15) is 5.26 Å². The second-order valence-electron chi connectivity index (χ2n) is 6.33. The summed E-state index contributed by atoms with van der Waals surface area (Å²) in [6.07, 6.45) is 1.90. The molecule has 0 amide bonds. The molecular formula is C19H22N4O2. The SMILES string of the molecule is CCCc1[nH]nc2c1C(c1ccc(OC(C)C)cc1)C(C#N)=C(N)O2. The Morgan fingerprint density at radius 1 is 1.36 bits per heavy atom. The van der Waals surface area contributed by atoms with Crippen molar-refractivity contribution in [2.45, 2.75) is 45.6 Å². The van der Waals surface area contributed by atoms with Crippen LogP contribution >= 0.6 is 0 Å². The molecule has 2 heterocycles. The van der Waals surface area contributed by atoms with Gasteiger partial charge in [0.15, 0.2) is 0 Å². The summed E-state index contributed by atoms with van der Waals surface area (Å²) >= 11 is 0. The maximum atomic E-state index is 9.63. The summed E-state index contributed by atoms with van der Waals surface area (Å²) in [5.74, 6) is 1.06. The van der Waals surface area contributed by atoms with Gasteiger partial charge < -0.3 is 15.2 Å². The van der Waals surface area contributed by atoms with Gasteiger partial charge in [-0.25, -0.2) is 0 Å². The molecule has 25 heavy (non-hydrogen) atoms. The number of nitriles is 1. The molecule has 1 unspecified atom stereocenters. The first kappa shape index (κ1) is 16.9. The Morgan fingerprint density at radius 3 is 2.68 bits per heavy atom. The lowest BCUT2D eigenvalue weighted by atomic mass is 9.83. The number of allylic oxidation sites excluding steroid dienone is 1. The minimum atomic E-state index is -0.290. The number of hydrogen-bond acceptors (Lipinski definition) is 5. The molecule has 0 radical (unpaired) electrons. The first-order chi connectivity index (χ1) is 12.0. The highest BCUT2D eigenvalue weighted by molar-refractivity contribution is 5.55. The van der Waals surface area contributed by atoms with E-state index < -0.39 is 0 Å². The molecule has 1 atom stereocenters. The monoisotopic (exact) mass is 338 g/mol. The molecule has 1 aliphatic rings. The number of rotatable bonds is 5. The van der Waals surface area contributed by atoms with Crippen LogP contribution in [0.4, 0.5) is 0 Å². The second-order valence-corrected chi connectivity index (χ2v) is 6.33. The summed E-state index contributed by atoms with van der Waals surface area (Å²) in [6, 6.07) is 9.96. The van der Waals surface area contributed by atoms with Crippen LogP contribution in [0.2, 0.25) is 0 Å². The zero-order chi connectivity index (χ0) is 18.0. The number of hydrogen-bond donors (Lipinski definition) is 2. The molecule has 0 saturated heterocycles. The Morgan fingerprint density at radius 2 is 2.08 bits per heavy atom. The Balaban J connectivity index is 2.06. The number of aromatic amines is 1. The van der Waals surface area contributed by atoms with Crippen LogP contribution in [0.25, 0.3) is 0 Å². The Bertz CT molecular complexity index is 828. The van der Waals surface area contributed by atoms with Crippen molar-refractivity contribution in [3.63, 3.8) is 0 Å². The van der Waals surface area contributed by atoms with Gasteiger partial charge in [0.05, 0.1) is 12.0 Å². The van der Waals surface area contributed by atoms with Crippen LogP contribution in [-0.4, -0.2) is 16.3 Å². The normalized spacial score (nSPS) is 16.4. The molecule has 0 saturated carbocycles. The summed E-state index contributed by atoms with van der Waals surface area (Å²) in [7, 11) is 0. The van der Waals surface area contributed by atoms with Gasteiger partial charge in [0.2, 0.25) is 11.8 Å². The minimum absolute atomic E-state index is 0.107. The van der Waals surface area contributed by atoms with E-state index in [-0.39, 0.29) is 17.9 Å². The quantitative estimate of drug-likeness (QED) is 0.871. The first-order valence-electron chi connectivity index (χ1n) is 8.46. The maximum Gasteiger partial charge on any atom is 0.244 e. The van der Waals surface area contributed by atoms with Crippen molar-refractivity contribution in [3.05, 3.63) is 52.5 Å². The molecule has 1 aromatic carbocycles. The molecule has 6 heteroatoms.